The summed E-state index contributed by atoms with van der Waals surface area (Å²) < 4.78 is 6.02. The topological polar surface area (TPSA) is 56.9 Å². The number of aliphatic imine (C=N–C) groups is 1. The Hall–Kier alpha value is -1.86. The fourth-order valence-corrected chi connectivity index (χ4v) is 3.51. The molecule has 0 atom stereocenters. The van der Waals surface area contributed by atoms with Crippen LogP contribution in [0, 0.1) is 6.92 Å². The van der Waals surface area contributed by atoms with Crippen molar-refractivity contribution in [1.29, 1.82) is 0 Å². The summed E-state index contributed by atoms with van der Waals surface area (Å²) in [4.78, 5) is 9.15. The van der Waals surface area contributed by atoms with Gasteiger partial charge in [-0.3, -0.25) is 9.89 Å². The molecule has 1 N–H and O–H groups in total. The molecule has 0 amide bonds. The standard InChI is InChI=1S/C18H24BrN5O/c1-14-11-16(19)4-3-15(14)12-21-18(20-2)24-8-6-23(7-9-24)13-17-5-10-25-22-17/h3-5,10-11H,6-9,12-13H2,1-2H3,(H,20,21). The van der Waals surface area contributed by atoms with Crippen LogP contribution in [0.3, 0.4) is 0 Å². The number of nitrogens with zero attached hydrogens (tertiary/aromatic N) is 4. The molecule has 7 heteroatoms. The number of nitrogens with one attached hydrogen (secondary N) is 1. The van der Waals surface area contributed by atoms with Crippen molar-refractivity contribution in [2.24, 2.45) is 4.99 Å². The second-order valence-corrected chi connectivity index (χ2v) is 7.14. The molecular formula is C18H24BrN5O. The van der Waals surface area contributed by atoms with Crippen molar-refractivity contribution < 1.29 is 4.52 Å². The maximum atomic E-state index is 4.90. The van der Waals surface area contributed by atoms with Gasteiger partial charge in [-0.05, 0) is 30.2 Å². The molecule has 2 aromatic rings. The Morgan fingerprint density at radius 3 is 2.72 bits per heavy atom. The maximum absolute atomic E-state index is 4.90. The first-order valence-corrected chi connectivity index (χ1v) is 9.27. The molecule has 134 valence electrons. The molecule has 3 rings (SSSR count). The third-order valence-corrected chi connectivity index (χ3v) is 5.00. The minimum atomic E-state index is 0.783. The van der Waals surface area contributed by atoms with Crippen molar-refractivity contribution in [3.8, 4) is 0 Å². The molecule has 1 aliphatic heterocycles. The number of aryl methyl sites for hydroxylation is 1. The number of benzene rings is 1. The molecule has 1 aromatic carbocycles. The van der Waals surface area contributed by atoms with Gasteiger partial charge in [0.15, 0.2) is 5.96 Å². The van der Waals surface area contributed by atoms with E-state index in [1.807, 2.05) is 13.1 Å². The van der Waals surface area contributed by atoms with Gasteiger partial charge in [0.25, 0.3) is 0 Å². The highest BCUT2D eigenvalue weighted by Crippen LogP contribution is 2.16. The van der Waals surface area contributed by atoms with Gasteiger partial charge in [0.05, 0.1) is 5.69 Å². The Labute approximate surface area is 157 Å². The Kier molecular flexibility index (Phi) is 6.09. The van der Waals surface area contributed by atoms with E-state index in [2.05, 4.69) is 66.3 Å². The third-order valence-electron chi connectivity index (χ3n) is 4.50. The van der Waals surface area contributed by atoms with Crippen molar-refractivity contribution in [2.75, 3.05) is 33.2 Å². The lowest BCUT2D eigenvalue weighted by Crippen LogP contribution is -2.52. The number of rotatable bonds is 4. The van der Waals surface area contributed by atoms with Crippen LogP contribution in [-0.4, -0.2) is 54.1 Å². The van der Waals surface area contributed by atoms with E-state index in [9.17, 15) is 0 Å². The van der Waals surface area contributed by atoms with Gasteiger partial charge in [0, 0.05) is 56.9 Å². The van der Waals surface area contributed by atoms with Crippen LogP contribution in [0.2, 0.25) is 0 Å². The van der Waals surface area contributed by atoms with Crippen LogP contribution in [0.5, 0.6) is 0 Å². The predicted molar refractivity (Wildman–Crippen MR) is 102 cm³/mol. The fraction of sp³-hybridized carbons (Fsp3) is 0.444. The highest BCUT2D eigenvalue weighted by molar-refractivity contribution is 9.10. The molecule has 1 aliphatic rings. The summed E-state index contributed by atoms with van der Waals surface area (Å²) in [6.45, 7) is 7.65. The summed E-state index contributed by atoms with van der Waals surface area (Å²) in [5, 5.41) is 7.48. The Morgan fingerprint density at radius 1 is 1.28 bits per heavy atom. The summed E-state index contributed by atoms with van der Waals surface area (Å²) >= 11 is 3.51. The Morgan fingerprint density at radius 2 is 2.08 bits per heavy atom. The number of aromatic nitrogens is 1. The monoisotopic (exact) mass is 405 g/mol. The lowest BCUT2D eigenvalue weighted by molar-refractivity contribution is 0.169. The van der Waals surface area contributed by atoms with Crippen molar-refractivity contribution in [1.82, 2.24) is 20.3 Å². The van der Waals surface area contributed by atoms with Crippen LogP contribution in [0.4, 0.5) is 0 Å². The van der Waals surface area contributed by atoms with Gasteiger partial charge in [-0.2, -0.15) is 0 Å². The van der Waals surface area contributed by atoms with Crippen LogP contribution in [-0.2, 0) is 13.1 Å². The number of hydrogen-bond acceptors (Lipinski definition) is 4. The highest BCUT2D eigenvalue weighted by Gasteiger charge is 2.20. The quantitative estimate of drug-likeness (QED) is 0.625. The van der Waals surface area contributed by atoms with Crippen LogP contribution >= 0.6 is 15.9 Å². The average molecular weight is 406 g/mol. The third kappa shape index (κ3) is 4.83. The van der Waals surface area contributed by atoms with Crippen LogP contribution in [0.15, 0.2) is 44.5 Å². The van der Waals surface area contributed by atoms with E-state index in [4.69, 9.17) is 4.52 Å². The molecule has 1 aromatic heterocycles. The number of guanidine groups is 1. The molecule has 0 saturated carbocycles. The first kappa shape index (κ1) is 17.9. The van der Waals surface area contributed by atoms with Crippen LogP contribution < -0.4 is 5.32 Å². The minimum Gasteiger partial charge on any atom is -0.364 e. The molecule has 25 heavy (non-hydrogen) atoms. The predicted octanol–water partition coefficient (Wildman–Crippen LogP) is 2.64. The lowest BCUT2D eigenvalue weighted by atomic mass is 10.1. The van der Waals surface area contributed by atoms with Gasteiger partial charge in [0.2, 0.25) is 0 Å². The van der Waals surface area contributed by atoms with Crippen molar-refractivity contribution in [3.05, 3.63) is 51.8 Å². The first-order chi connectivity index (χ1) is 12.2. The first-order valence-electron chi connectivity index (χ1n) is 8.48. The molecule has 1 saturated heterocycles. The molecule has 0 unspecified atom stereocenters. The second kappa shape index (κ2) is 8.49. The number of halogens is 1. The van der Waals surface area contributed by atoms with Crippen molar-refractivity contribution >= 4 is 21.9 Å². The molecule has 0 spiro atoms. The molecule has 2 heterocycles. The molecule has 6 nitrogen and oxygen atoms in total. The Balaban J connectivity index is 1.50. The number of hydrogen-bond donors (Lipinski definition) is 1. The smallest absolute Gasteiger partial charge is 0.194 e. The summed E-state index contributed by atoms with van der Waals surface area (Å²) in [7, 11) is 1.85. The summed E-state index contributed by atoms with van der Waals surface area (Å²) in [5.74, 6) is 0.961. The summed E-state index contributed by atoms with van der Waals surface area (Å²) in [6, 6.07) is 8.29. The van der Waals surface area contributed by atoms with Gasteiger partial charge in [0.1, 0.15) is 6.26 Å². The Bertz CT molecular complexity index is 708. The van der Waals surface area contributed by atoms with E-state index >= 15 is 0 Å². The average Bonchev–Trinajstić information content (AvgIpc) is 3.11. The summed E-state index contributed by atoms with van der Waals surface area (Å²) in [6.07, 6.45) is 1.63. The molecule has 0 radical (unpaired) electrons. The van der Waals surface area contributed by atoms with Crippen molar-refractivity contribution in [3.63, 3.8) is 0 Å². The minimum absolute atomic E-state index is 0.783. The normalized spacial score (nSPS) is 16.3. The fourth-order valence-electron chi connectivity index (χ4n) is 3.03. The van der Waals surface area contributed by atoms with E-state index < -0.39 is 0 Å². The largest absolute Gasteiger partial charge is 0.364 e. The van der Waals surface area contributed by atoms with Crippen molar-refractivity contribution in [2.45, 2.75) is 20.0 Å². The second-order valence-electron chi connectivity index (χ2n) is 6.23. The van der Waals surface area contributed by atoms with Gasteiger partial charge < -0.3 is 14.7 Å². The van der Waals surface area contributed by atoms with E-state index in [0.29, 0.717) is 0 Å². The van der Waals surface area contributed by atoms with Gasteiger partial charge in [-0.1, -0.05) is 27.2 Å². The molecule has 0 bridgehead atoms. The van der Waals surface area contributed by atoms with E-state index in [1.54, 1.807) is 6.26 Å². The molecular weight excluding hydrogens is 382 g/mol. The van der Waals surface area contributed by atoms with Gasteiger partial charge >= 0.3 is 0 Å². The lowest BCUT2D eigenvalue weighted by Gasteiger charge is -2.36. The van der Waals surface area contributed by atoms with E-state index in [0.717, 1.165) is 55.4 Å². The van der Waals surface area contributed by atoms with Crippen LogP contribution in [0.1, 0.15) is 16.8 Å². The summed E-state index contributed by atoms with van der Waals surface area (Å²) in [5.41, 5.74) is 3.55. The molecule has 1 fully saturated rings. The SMILES string of the molecule is CN=C(NCc1ccc(Br)cc1C)N1CCN(Cc2ccon2)CC1. The maximum Gasteiger partial charge on any atom is 0.194 e. The van der Waals surface area contributed by atoms with Gasteiger partial charge in [-0.15, -0.1) is 0 Å². The van der Waals surface area contributed by atoms with Gasteiger partial charge in [-0.25, -0.2) is 0 Å². The van der Waals surface area contributed by atoms with Crippen LogP contribution in [0.25, 0.3) is 0 Å². The highest BCUT2D eigenvalue weighted by atomic mass is 79.9. The van der Waals surface area contributed by atoms with E-state index in [1.165, 1.54) is 11.1 Å². The zero-order valence-electron chi connectivity index (χ0n) is 14.7. The number of piperazine rings is 1. The molecule has 0 aliphatic carbocycles. The van der Waals surface area contributed by atoms with E-state index in [-0.39, 0.29) is 0 Å². The zero-order chi connectivity index (χ0) is 17.6. The zero-order valence-corrected chi connectivity index (χ0v) is 16.3.